The van der Waals surface area contributed by atoms with E-state index in [9.17, 15) is 0 Å². The maximum Gasteiger partial charge on any atom is 0.163 e. The first kappa shape index (κ1) is 8.04. The molecule has 0 saturated heterocycles. The van der Waals surface area contributed by atoms with Gasteiger partial charge in [0.25, 0.3) is 0 Å². The molecule has 0 unspecified atom stereocenters. The minimum absolute atomic E-state index is 0.352. The molecule has 1 heterocycles. The molecule has 4 nitrogen and oxygen atoms in total. The highest BCUT2D eigenvalue weighted by molar-refractivity contribution is 6.38. The van der Waals surface area contributed by atoms with E-state index in [2.05, 4.69) is 4.99 Å². The molecule has 0 aromatic heterocycles. The van der Waals surface area contributed by atoms with E-state index in [-0.39, 0.29) is 0 Å². The summed E-state index contributed by atoms with van der Waals surface area (Å²) in [7, 11) is 1.87. The largest absolute Gasteiger partial charge is 0.381 e. The summed E-state index contributed by atoms with van der Waals surface area (Å²) in [6.07, 6.45) is 2.16. The Hall–Kier alpha value is -1.06. The van der Waals surface area contributed by atoms with Crippen LogP contribution in [0.2, 0.25) is 0 Å². The van der Waals surface area contributed by atoms with E-state index in [0.29, 0.717) is 11.7 Å². The second kappa shape index (κ2) is 3.37. The molecule has 3 N–H and O–H groups in total. The topological polar surface area (TPSA) is 65.5 Å². The van der Waals surface area contributed by atoms with Crippen LogP contribution in [0.3, 0.4) is 0 Å². The van der Waals surface area contributed by atoms with Crippen LogP contribution < -0.4 is 5.73 Å². The van der Waals surface area contributed by atoms with E-state index < -0.39 is 0 Å². The number of nitrogens with one attached hydrogen (secondary N) is 1. The van der Waals surface area contributed by atoms with Crippen molar-refractivity contribution >= 4 is 11.7 Å². The lowest BCUT2D eigenvalue weighted by molar-refractivity contribution is 0.477. The van der Waals surface area contributed by atoms with Crippen molar-refractivity contribution in [2.24, 2.45) is 10.7 Å². The Balaban J connectivity index is 2.69. The van der Waals surface area contributed by atoms with Crippen LogP contribution in [-0.4, -0.2) is 36.7 Å². The van der Waals surface area contributed by atoms with Crippen molar-refractivity contribution in [3.05, 3.63) is 0 Å². The smallest absolute Gasteiger partial charge is 0.163 e. The van der Waals surface area contributed by atoms with Gasteiger partial charge in [-0.3, -0.25) is 10.4 Å². The lowest BCUT2D eigenvalue weighted by Gasteiger charge is -2.20. The fraction of sp³-hybridized carbons (Fsp3) is 0.714. The molecule has 62 valence electrons. The number of amidine groups is 2. The van der Waals surface area contributed by atoms with E-state index in [1.807, 2.05) is 11.9 Å². The molecule has 11 heavy (non-hydrogen) atoms. The zero-order valence-electron chi connectivity index (χ0n) is 6.80. The van der Waals surface area contributed by atoms with Gasteiger partial charge in [-0.1, -0.05) is 0 Å². The van der Waals surface area contributed by atoms with Crippen molar-refractivity contribution in [3.8, 4) is 0 Å². The van der Waals surface area contributed by atoms with Crippen LogP contribution in [0.25, 0.3) is 0 Å². The summed E-state index contributed by atoms with van der Waals surface area (Å²) in [4.78, 5) is 5.87. The molecule has 0 aromatic rings. The minimum atomic E-state index is 0.352. The number of hydrogen-bond acceptors (Lipinski definition) is 3. The molecule has 4 heteroatoms. The van der Waals surface area contributed by atoms with Gasteiger partial charge in [0.1, 0.15) is 0 Å². The van der Waals surface area contributed by atoms with Crippen LogP contribution >= 0.6 is 0 Å². The van der Waals surface area contributed by atoms with Gasteiger partial charge in [0, 0.05) is 20.1 Å². The van der Waals surface area contributed by atoms with Crippen LogP contribution in [0.4, 0.5) is 0 Å². The Morgan fingerprint density at radius 2 is 2.27 bits per heavy atom. The number of aliphatic imine (C=N–C) groups is 1. The average molecular weight is 154 g/mol. The zero-order chi connectivity index (χ0) is 8.27. The normalized spacial score (nSPS) is 20.6. The Kier molecular flexibility index (Phi) is 2.46. The Bertz CT molecular complexity index is 185. The van der Waals surface area contributed by atoms with Crippen molar-refractivity contribution in [1.29, 1.82) is 5.41 Å². The zero-order valence-corrected chi connectivity index (χ0v) is 6.80. The quantitative estimate of drug-likeness (QED) is 0.517. The summed E-state index contributed by atoms with van der Waals surface area (Å²) in [5, 5.41) is 7.51. The highest BCUT2D eigenvalue weighted by Gasteiger charge is 2.09. The first-order chi connectivity index (χ1) is 5.22. The van der Waals surface area contributed by atoms with Crippen LogP contribution in [0, 0.1) is 5.41 Å². The van der Waals surface area contributed by atoms with E-state index in [1.54, 1.807) is 0 Å². The van der Waals surface area contributed by atoms with Gasteiger partial charge in [-0.25, -0.2) is 0 Å². The first-order valence-corrected chi connectivity index (χ1v) is 3.82. The van der Waals surface area contributed by atoms with E-state index in [4.69, 9.17) is 11.1 Å². The Labute approximate surface area is 66.6 Å². The SMILES string of the molecule is CN1CCCCN=C(N)C1=N. The summed E-state index contributed by atoms with van der Waals surface area (Å²) in [6, 6.07) is 0. The summed E-state index contributed by atoms with van der Waals surface area (Å²) in [5.41, 5.74) is 5.52. The van der Waals surface area contributed by atoms with Gasteiger partial charge < -0.3 is 10.6 Å². The maximum atomic E-state index is 7.51. The fourth-order valence-electron chi connectivity index (χ4n) is 1.04. The van der Waals surface area contributed by atoms with Crippen LogP contribution in [0.15, 0.2) is 4.99 Å². The van der Waals surface area contributed by atoms with Gasteiger partial charge in [0.15, 0.2) is 11.7 Å². The molecule has 0 atom stereocenters. The third-order valence-corrected chi connectivity index (χ3v) is 1.81. The highest BCUT2D eigenvalue weighted by Crippen LogP contribution is 1.98. The van der Waals surface area contributed by atoms with Gasteiger partial charge in [-0.15, -0.1) is 0 Å². The molecule has 0 radical (unpaired) electrons. The van der Waals surface area contributed by atoms with Crippen molar-refractivity contribution in [1.82, 2.24) is 4.90 Å². The first-order valence-electron chi connectivity index (χ1n) is 3.82. The molecule has 0 bridgehead atoms. The van der Waals surface area contributed by atoms with Gasteiger partial charge >= 0.3 is 0 Å². The van der Waals surface area contributed by atoms with Crippen molar-refractivity contribution < 1.29 is 0 Å². The van der Waals surface area contributed by atoms with Crippen molar-refractivity contribution in [2.45, 2.75) is 12.8 Å². The monoisotopic (exact) mass is 154 g/mol. The molecule has 0 saturated carbocycles. The van der Waals surface area contributed by atoms with Crippen molar-refractivity contribution in [2.75, 3.05) is 20.1 Å². The lowest BCUT2D eigenvalue weighted by Crippen LogP contribution is -2.39. The van der Waals surface area contributed by atoms with Crippen LogP contribution in [0.5, 0.6) is 0 Å². The summed E-state index contributed by atoms with van der Waals surface area (Å²) >= 11 is 0. The molecule has 1 aliphatic rings. The molecular formula is C7H14N4. The molecule has 0 aromatic carbocycles. The van der Waals surface area contributed by atoms with Gasteiger partial charge in [-0.2, -0.15) is 0 Å². The standard InChI is InChI=1S/C7H14N4/c1-11-5-3-2-4-10-6(8)7(11)9/h9H,2-5H2,1H3,(H2,8,10). The molecule has 0 fully saturated rings. The van der Waals surface area contributed by atoms with Gasteiger partial charge in [0.05, 0.1) is 0 Å². The lowest BCUT2D eigenvalue weighted by atomic mass is 10.2. The summed E-state index contributed by atoms with van der Waals surface area (Å²) in [6.45, 7) is 1.68. The molecule has 1 aliphatic heterocycles. The summed E-state index contributed by atoms with van der Waals surface area (Å²) < 4.78 is 0. The third kappa shape index (κ3) is 1.93. The average Bonchev–Trinajstić information content (AvgIpc) is 2.00. The fourth-order valence-corrected chi connectivity index (χ4v) is 1.04. The second-order valence-electron chi connectivity index (χ2n) is 2.74. The number of nitrogens with zero attached hydrogens (tertiary/aromatic N) is 2. The van der Waals surface area contributed by atoms with Gasteiger partial charge in [0.2, 0.25) is 0 Å². The van der Waals surface area contributed by atoms with Gasteiger partial charge in [-0.05, 0) is 12.8 Å². The number of rotatable bonds is 0. The second-order valence-corrected chi connectivity index (χ2v) is 2.74. The number of hydrogen-bond donors (Lipinski definition) is 2. The molecule has 1 rings (SSSR count). The number of likely N-dealkylation sites (N-methyl/N-ethyl adjacent to an activating group) is 1. The molecular weight excluding hydrogens is 140 g/mol. The maximum absolute atomic E-state index is 7.51. The third-order valence-electron chi connectivity index (χ3n) is 1.81. The molecule has 0 amide bonds. The summed E-state index contributed by atoms with van der Waals surface area (Å²) in [5.74, 6) is 0.719. The Morgan fingerprint density at radius 3 is 3.00 bits per heavy atom. The molecule has 0 spiro atoms. The van der Waals surface area contributed by atoms with Crippen LogP contribution in [0.1, 0.15) is 12.8 Å². The predicted octanol–water partition coefficient (Wildman–Crippen LogP) is 0.0465. The Morgan fingerprint density at radius 1 is 1.55 bits per heavy atom. The highest BCUT2D eigenvalue weighted by atomic mass is 15.2. The van der Waals surface area contributed by atoms with Crippen molar-refractivity contribution in [3.63, 3.8) is 0 Å². The minimum Gasteiger partial charge on any atom is -0.381 e. The van der Waals surface area contributed by atoms with E-state index in [0.717, 1.165) is 25.9 Å². The number of nitrogens with two attached hydrogens (primary N) is 1. The van der Waals surface area contributed by atoms with E-state index in [1.165, 1.54) is 0 Å². The van der Waals surface area contributed by atoms with Crippen LogP contribution in [-0.2, 0) is 0 Å². The predicted molar refractivity (Wildman–Crippen MR) is 46.1 cm³/mol. The van der Waals surface area contributed by atoms with E-state index >= 15 is 0 Å². The molecule has 0 aliphatic carbocycles.